The number of likely N-dealkylation sites (N-methyl/N-ethyl adjacent to an activating group) is 1. The number of carboxylic acid groups (broad SMARTS) is 1. The molecule has 0 saturated heterocycles. The molecule has 0 aliphatic heterocycles. The number of rotatable bonds is 5. The van der Waals surface area contributed by atoms with Crippen molar-refractivity contribution in [1.29, 1.82) is 0 Å². The van der Waals surface area contributed by atoms with Gasteiger partial charge in [-0.2, -0.15) is 0 Å². The second-order valence-corrected chi connectivity index (χ2v) is 5.33. The average molecular weight is 267 g/mol. The maximum absolute atomic E-state index is 13.6. The highest BCUT2D eigenvalue weighted by molar-refractivity contribution is 5.77. The largest absolute Gasteiger partial charge is 0.480 e. The predicted molar refractivity (Wildman–Crippen MR) is 73.6 cm³/mol. The lowest BCUT2D eigenvalue weighted by Crippen LogP contribution is -2.51. The van der Waals surface area contributed by atoms with Crippen molar-refractivity contribution in [3.63, 3.8) is 0 Å². The summed E-state index contributed by atoms with van der Waals surface area (Å²) in [4.78, 5) is 13.2. The van der Waals surface area contributed by atoms with Gasteiger partial charge in [0.1, 0.15) is 11.4 Å². The van der Waals surface area contributed by atoms with Crippen molar-refractivity contribution in [3.05, 3.63) is 35.1 Å². The Morgan fingerprint density at radius 3 is 2.47 bits per heavy atom. The maximum atomic E-state index is 13.6. The number of aliphatic carboxylic acids is 1. The lowest BCUT2D eigenvalue weighted by molar-refractivity contribution is -0.150. The third kappa shape index (κ3) is 3.13. The number of aryl methyl sites for hydroxylation is 1. The number of benzene rings is 1. The molecule has 0 radical (unpaired) electrons. The van der Waals surface area contributed by atoms with Crippen LogP contribution < -0.4 is 0 Å². The molecule has 4 heteroatoms. The third-order valence-electron chi connectivity index (χ3n) is 3.73. The van der Waals surface area contributed by atoms with E-state index in [4.69, 9.17) is 0 Å². The standard InChI is InChI=1S/C15H22FNO2/c1-6-17(15(4,5)14(18)19)11(3)12-8-7-10(2)13(16)9-12/h7-9,11H,6H2,1-5H3,(H,18,19). The number of halogens is 1. The second kappa shape index (κ2) is 5.70. The molecule has 0 spiro atoms. The summed E-state index contributed by atoms with van der Waals surface area (Å²) in [5.74, 6) is -1.14. The van der Waals surface area contributed by atoms with Crippen molar-refractivity contribution < 1.29 is 14.3 Å². The molecule has 0 amide bonds. The first-order valence-electron chi connectivity index (χ1n) is 6.48. The first-order valence-corrected chi connectivity index (χ1v) is 6.48. The minimum Gasteiger partial charge on any atom is -0.480 e. The number of hydrogen-bond donors (Lipinski definition) is 1. The van der Waals surface area contributed by atoms with Crippen LogP contribution in [0.4, 0.5) is 4.39 Å². The molecule has 3 nitrogen and oxygen atoms in total. The number of nitrogens with zero attached hydrogens (tertiary/aromatic N) is 1. The highest BCUT2D eigenvalue weighted by Gasteiger charge is 2.36. The molecule has 0 aliphatic carbocycles. The van der Waals surface area contributed by atoms with Crippen LogP contribution in [-0.4, -0.2) is 28.1 Å². The van der Waals surface area contributed by atoms with Crippen molar-refractivity contribution in [1.82, 2.24) is 4.90 Å². The van der Waals surface area contributed by atoms with Gasteiger partial charge in [-0.05, 0) is 51.4 Å². The van der Waals surface area contributed by atoms with E-state index < -0.39 is 11.5 Å². The molecule has 0 bridgehead atoms. The summed E-state index contributed by atoms with van der Waals surface area (Å²) in [6.45, 7) is 9.43. The molecular formula is C15H22FNO2. The van der Waals surface area contributed by atoms with Crippen LogP contribution in [0.2, 0.25) is 0 Å². The summed E-state index contributed by atoms with van der Waals surface area (Å²) in [7, 11) is 0. The first kappa shape index (κ1) is 15.6. The number of carboxylic acids is 1. The lowest BCUT2D eigenvalue weighted by Gasteiger charge is -2.39. The van der Waals surface area contributed by atoms with Crippen LogP contribution in [0, 0.1) is 12.7 Å². The molecule has 0 aromatic heterocycles. The Balaban J connectivity index is 3.11. The fraction of sp³-hybridized carbons (Fsp3) is 0.533. The molecule has 0 aliphatic rings. The third-order valence-corrected chi connectivity index (χ3v) is 3.73. The summed E-state index contributed by atoms with van der Waals surface area (Å²) in [5.41, 5.74) is 0.394. The number of carbonyl (C=O) groups is 1. The summed E-state index contributed by atoms with van der Waals surface area (Å²) in [6.07, 6.45) is 0. The molecule has 19 heavy (non-hydrogen) atoms. The summed E-state index contributed by atoms with van der Waals surface area (Å²) >= 11 is 0. The minimum atomic E-state index is -0.991. The molecule has 1 unspecified atom stereocenters. The van der Waals surface area contributed by atoms with E-state index >= 15 is 0 Å². The van der Waals surface area contributed by atoms with Crippen molar-refractivity contribution >= 4 is 5.97 Å². The normalized spacial score (nSPS) is 13.6. The number of hydrogen-bond acceptors (Lipinski definition) is 2. The van der Waals surface area contributed by atoms with E-state index in [0.29, 0.717) is 12.1 Å². The monoisotopic (exact) mass is 267 g/mol. The van der Waals surface area contributed by atoms with Gasteiger partial charge >= 0.3 is 5.97 Å². The van der Waals surface area contributed by atoms with E-state index in [1.54, 1.807) is 26.8 Å². The molecule has 0 saturated carbocycles. The van der Waals surface area contributed by atoms with Crippen molar-refractivity contribution in [3.8, 4) is 0 Å². The molecule has 0 fully saturated rings. The first-order chi connectivity index (χ1) is 8.71. The van der Waals surface area contributed by atoms with E-state index in [1.165, 1.54) is 6.07 Å². The molecular weight excluding hydrogens is 245 g/mol. The van der Waals surface area contributed by atoms with Crippen LogP contribution in [-0.2, 0) is 4.79 Å². The van der Waals surface area contributed by atoms with Crippen LogP contribution in [0.25, 0.3) is 0 Å². The Kier molecular flexibility index (Phi) is 4.69. The molecule has 0 heterocycles. The van der Waals surface area contributed by atoms with E-state index in [1.807, 2.05) is 24.8 Å². The molecule has 1 N–H and O–H groups in total. The quantitative estimate of drug-likeness (QED) is 0.889. The van der Waals surface area contributed by atoms with Gasteiger partial charge in [-0.25, -0.2) is 4.39 Å². The summed E-state index contributed by atoms with van der Waals surface area (Å²) in [6, 6.07) is 4.90. The van der Waals surface area contributed by atoms with Crippen LogP contribution in [0.3, 0.4) is 0 Å². The maximum Gasteiger partial charge on any atom is 0.323 e. The smallest absolute Gasteiger partial charge is 0.323 e. The zero-order valence-electron chi connectivity index (χ0n) is 12.2. The van der Waals surface area contributed by atoms with E-state index in [9.17, 15) is 14.3 Å². The van der Waals surface area contributed by atoms with Crippen LogP contribution in [0.1, 0.15) is 44.9 Å². The van der Waals surface area contributed by atoms with E-state index in [-0.39, 0.29) is 11.9 Å². The Labute approximate surface area is 114 Å². The predicted octanol–water partition coefficient (Wildman–Crippen LogP) is 3.38. The molecule has 1 atom stereocenters. The Bertz CT molecular complexity index is 471. The van der Waals surface area contributed by atoms with Crippen LogP contribution in [0.5, 0.6) is 0 Å². The van der Waals surface area contributed by atoms with Gasteiger partial charge in [-0.1, -0.05) is 19.1 Å². The fourth-order valence-corrected chi connectivity index (χ4v) is 2.33. The van der Waals surface area contributed by atoms with E-state index in [2.05, 4.69) is 0 Å². The van der Waals surface area contributed by atoms with E-state index in [0.717, 1.165) is 5.56 Å². The highest BCUT2D eigenvalue weighted by atomic mass is 19.1. The lowest BCUT2D eigenvalue weighted by atomic mass is 9.96. The van der Waals surface area contributed by atoms with Gasteiger partial charge in [0, 0.05) is 6.04 Å². The highest BCUT2D eigenvalue weighted by Crippen LogP contribution is 2.28. The Morgan fingerprint density at radius 2 is 2.05 bits per heavy atom. The van der Waals surface area contributed by atoms with Gasteiger partial charge in [0.25, 0.3) is 0 Å². The molecule has 1 aromatic carbocycles. The van der Waals surface area contributed by atoms with Gasteiger partial charge in [-0.3, -0.25) is 9.69 Å². The van der Waals surface area contributed by atoms with Crippen molar-refractivity contribution in [2.75, 3.05) is 6.54 Å². The Morgan fingerprint density at radius 1 is 1.47 bits per heavy atom. The minimum absolute atomic E-state index is 0.161. The SMILES string of the molecule is CCN(C(C)c1ccc(C)c(F)c1)C(C)(C)C(=O)O. The van der Waals surface area contributed by atoms with Gasteiger partial charge in [0.15, 0.2) is 0 Å². The van der Waals surface area contributed by atoms with Crippen LogP contribution >= 0.6 is 0 Å². The van der Waals surface area contributed by atoms with Crippen LogP contribution in [0.15, 0.2) is 18.2 Å². The fourth-order valence-electron chi connectivity index (χ4n) is 2.33. The van der Waals surface area contributed by atoms with Gasteiger partial charge in [-0.15, -0.1) is 0 Å². The topological polar surface area (TPSA) is 40.5 Å². The average Bonchev–Trinajstić information content (AvgIpc) is 2.32. The second-order valence-electron chi connectivity index (χ2n) is 5.33. The van der Waals surface area contributed by atoms with Gasteiger partial charge < -0.3 is 5.11 Å². The zero-order chi connectivity index (χ0) is 14.8. The molecule has 1 rings (SSSR count). The Hall–Kier alpha value is -1.42. The molecule has 1 aromatic rings. The van der Waals surface area contributed by atoms with Crippen molar-refractivity contribution in [2.45, 2.75) is 46.2 Å². The zero-order valence-corrected chi connectivity index (χ0v) is 12.2. The summed E-state index contributed by atoms with van der Waals surface area (Å²) < 4.78 is 13.6. The van der Waals surface area contributed by atoms with Crippen molar-refractivity contribution in [2.24, 2.45) is 0 Å². The summed E-state index contributed by atoms with van der Waals surface area (Å²) in [5, 5.41) is 9.32. The molecule has 106 valence electrons. The van der Waals surface area contributed by atoms with Gasteiger partial charge in [0.05, 0.1) is 0 Å². The van der Waals surface area contributed by atoms with Gasteiger partial charge in [0.2, 0.25) is 0 Å².